The number of rotatable bonds is 7. The zero-order chi connectivity index (χ0) is 29.0. The summed E-state index contributed by atoms with van der Waals surface area (Å²) in [5, 5.41) is 11.5. The second-order valence-corrected chi connectivity index (χ2v) is 12.4. The summed E-state index contributed by atoms with van der Waals surface area (Å²) in [4.78, 5) is 7.11. The Balaban J connectivity index is 1.39. The molecule has 12 heteroatoms. The molecule has 0 amide bonds. The van der Waals surface area contributed by atoms with Crippen LogP contribution in [0.3, 0.4) is 0 Å². The van der Waals surface area contributed by atoms with Crippen LogP contribution in [0.4, 0.5) is 0 Å². The van der Waals surface area contributed by atoms with Crippen molar-refractivity contribution in [3.05, 3.63) is 66.5 Å². The molecule has 0 spiro atoms. The Hall–Kier alpha value is -4.26. The second kappa shape index (κ2) is 10.2. The fourth-order valence-corrected chi connectivity index (χ4v) is 7.12. The van der Waals surface area contributed by atoms with Gasteiger partial charge in [-0.05, 0) is 43.3 Å². The quantitative estimate of drug-likeness (QED) is 0.279. The van der Waals surface area contributed by atoms with Crippen LogP contribution in [0.25, 0.3) is 44.2 Å². The SMILES string of the molecule is Cc1ccc(S(=O)(=O)n2c(-c3nn(C)c4ccc(OCCN5CCOCC5)cc34)cc3c4c(cnc32)cnn4C)cc1. The third-order valence-electron chi connectivity index (χ3n) is 7.88. The number of aromatic nitrogens is 6. The van der Waals surface area contributed by atoms with Crippen molar-refractivity contribution < 1.29 is 17.9 Å². The van der Waals surface area contributed by atoms with Gasteiger partial charge in [0.05, 0.1) is 41.0 Å². The van der Waals surface area contributed by atoms with Crippen LogP contribution in [0.2, 0.25) is 0 Å². The molecule has 2 aromatic carbocycles. The molecule has 216 valence electrons. The van der Waals surface area contributed by atoms with E-state index < -0.39 is 10.0 Å². The van der Waals surface area contributed by atoms with Crippen LogP contribution < -0.4 is 4.74 Å². The minimum atomic E-state index is -4.05. The van der Waals surface area contributed by atoms with Crippen LogP contribution in [0.1, 0.15) is 5.56 Å². The predicted octanol–water partition coefficient (Wildman–Crippen LogP) is 3.73. The summed E-state index contributed by atoms with van der Waals surface area (Å²) >= 11 is 0. The molecule has 1 aliphatic rings. The molecule has 0 unspecified atom stereocenters. The number of ether oxygens (including phenoxy) is 2. The largest absolute Gasteiger partial charge is 0.492 e. The van der Waals surface area contributed by atoms with Gasteiger partial charge < -0.3 is 9.47 Å². The van der Waals surface area contributed by atoms with Gasteiger partial charge in [-0.3, -0.25) is 14.3 Å². The summed E-state index contributed by atoms with van der Waals surface area (Å²) in [7, 11) is -0.362. The highest BCUT2D eigenvalue weighted by Crippen LogP contribution is 2.38. The number of nitrogens with zero attached hydrogens (tertiary/aromatic N) is 7. The molecule has 1 fully saturated rings. The number of hydrogen-bond acceptors (Lipinski definition) is 8. The maximum Gasteiger partial charge on any atom is 0.269 e. The van der Waals surface area contributed by atoms with Gasteiger partial charge >= 0.3 is 0 Å². The zero-order valence-corrected chi connectivity index (χ0v) is 24.5. The Morgan fingerprint density at radius 2 is 1.74 bits per heavy atom. The van der Waals surface area contributed by atoms with Crippen molar-refractivity contribution in [1.82, 2.24) is 33.4 Å². The first-order valence-electron chi connectivity index (χ1n) is 13.9. The molecular weight excluding hydrogens is 554 g/mol. The molecule has 0 radical (unpaired) electrons. The van der Waals surface area contributed by atoms with Crippen molar-refractivity contribution in [3.63, 3.8) is 0 Å². The molecule has 11 nitrogen and oxygen atoms in total. The van der Waals surface area contributed by atoms with Crippen LogP contribution in [-0.4, -0.2) is 81.3 Å². The Labute approximate surface area is 242 Å². The highest BCUT2D eigenvalue weighted by Gasteiger charge is 2.29. The molecular formula is C30H31N7O4S. The molecule has 42 heavy (non-hydrogen) atoms. The molecule has 0 N–H and O–H groups in total. The number of aryl methyl sites for hydroxylation is 3. The summed E-state index contributed by atoms with van der Waals surface area (Å²) in [6.45, 7) is 6.53. The number of fused-ring (bicyclic) bond motifs is 4. The van der Waals surface area contributed by atoms with E-state index >= 15 is 0 Å². The van der Waals surface area contributed by atoms with Crippen LogP contribution in [0.15, 0.2) is 65.8 Å². The third-order valence-corrected chi connectivity index (χ3v) is 9.60. The first-order chi connectivity index (χ1) is 20.3. The molecule has 5 heterocycles. The molecule has 7 rings (SSSR count). The minimum Gasteiger partial charge on any atom is -0.492 e. The van der Waals surface area contributed by atoms with Crippen LogP contribution in [0, 0.1) is 6.92 Å². The fourth-order valence-electron chi connectivity index (χ4n) is 5.65. The van der Waals surface area contributed by atoms with Crippen LogP contribution in [-0.2, 0) is 28.9 Å². The normalized spacial score (nSPS) is 14.8. The van der Waals surface area contributed by atoms with E-state index in [9.17, 15) is 8.42 Å². The molecule has 0 bridgehead atoms. The van der Waals surface area contributed by atoms with Gasteiger partial charge in [0, 0.05) is 56.1 Å². The van der Waals surface area contributed by atoms with E-state index in [2.05, 4.69) is 15.0 Å². The zero-order valence-electron chi connectivity index (χ0n) is 23.7. The van der Waals surface area contributed by atoms with E-state index in [0.29, 0.717) is 34.8 Å². The third kappa shape index (κ3) is 4.42. The van der Waals surface area contributed by atoms with Gasteiger partial charge in [-0.2, -0.15) is 10.2 Å². The monoisotopic (exact) mass is 585 g/mol. The first kappa shape index (κ1) is 26.6. The maximum atomic E-state index is 14.3. The average molecular weight is 586 g/mol. The first-order valence-corrected chi connectivity index (χ1v) is 15.3. The lowest BCUT2D eigenvalue weighted by molar-refractivity contribution is 0.0322. The Morgan fingerprint density at radius 3 is 2.52 bits per heavy atom. The fraction of sp³-hybridized carbons (Fsp3) is 0.300. The van der Waals surface area contributed by atoms with Crippen molar-refractivity contribution >= 4 is 42.9 Å². The van der Waals surface area contributed by atoms with E-state index in [-0.39, 0.29) is 4.90 Å². The standard InChI is InChI=1S/C30H31N7O4S/c1-20-4-7-23(8-5-20)42(38,39)37-27(17-25-29-21(18-31-30(25)37)19-32-35(29)3)28-24-16-22(6-9-26(24)34(2)33-28)41-15-12-36-10-13-40-14-11-36/h4-9,16-19H,10-15H2,1-3H3. The molecule has 1 aliphatic heterocycles. The lowest BCUT2D eigenvalue weighted by Gasteiger charge is -2.26. The predicted molar refractivity (Wildman–Crippen MR) is 160 cm³/mol. The Bertz CT molecular complexity index is 2050. The summed E-state index contributed by atoms with van der Waals surface area (Å²) < 4.78 is 45.0. The van der Waals surface area contributed by atoms with E-state index in [1.165, 1.54) is 3.97 Å². The average Bonchev–Trinajstić information content (AvgIpc) is 3.66. The smallest absolute Gasteiger partial charge is 0.269 e. The van der Waals surface area contributed by atoms with Crippen molar-refractivity contribution in [2.24, 2.45) is 14.1 Å². The molecule has 0 saturated carbocycles. The summed E-state index contributed by atoms with van der Waals surface area (Å²) in [5.41, 5.74) is 3.88. The van der Waals surface area contributed by atoms with Gasteiger partial charge in [0.25, 0.3) is 10.0 Å². The molecule has 0 aliphatic carbocycles. The summed E-state index contributed by atoms with van der Waals surface area (Å²) in [6, 6.07) is 14.5. The lowest BCUT2D eigenvalue weighted by atomic mass is 10.1. The Kier molecular flexibility index (Phi) is 6.48. The highest BCUT2D eigenvalue weighted by molar-refractivity contribution is 7.90. The Morgan fingerprint density at radius 1 is 0.952 bits per heavy atom. The van der Waals surface area contributed by atoms with Crippen molar-refractivity contribution in [2.45, 2.75) is 11.8 Å². The second-order valence-electron chi connectivity index (χ2n) is 10.6. The van der Waals surface area contributed by atoms with Crippen LogP contribution in [0.5, 0.6) is 5.75 Å². The molecule has 6 aromatic rings. The highest BCUT2D eigenvalue weighted by atomic mass is 32.2. The van der Waals surface area contributed by atoms with Gasteiger partial charge in [-0.1, -0.05) is 17.7 Å². The molecule has 4 aromatic heterocycles. The number of hydrogen-bond donors (Lipinski definition) is 0. The molecule has 0 atom stereocenters. The van der Waals surface area contributed by atoms with Crippen LogP contribution >= 0.6 is 0 Å². The molecule has 1 saturated heterocycles. The number of pyridine rings is 1. The topological polar surface area (TPSA) is 109 Å². The lowest BCUT2D eigenvalue weighted by Crippen LogP contribution is -2.38. The number of morpholine rings is 1. The number of benzene rings is 2. The van der Waals surface area contributed by atoms with E-state index in [0.717, 1.165) is 60.2 Å². The van der Waals surface area contributed by atoms with E-state index in [4.69, 9.17) is 14.6 Å². The van der Waals surface area contributed by atoms with E-state index in [1.54, 1.807) is 46.0 Å². The van der Waals surface area contributed by atoms with Crippen molar-refractivity contribution in [1.29, 1.82) is 0 Å². The van der Waals surface area contributed by atoms with Gasteiger partial charge in [-0.25, -0.2) is 17.4 Å². The van der Waals surface area contributed by atoms with Gasteiger partial charge in [-0.15, -0.1) is 0 Å². The van der Waals surface area contributed by atoms with Gasteiger partial charge in [0.2, 0.25) is 0 Å². The summed E-state index contributed by atoms with van der Waals surface area (Å²) in [6.07, 6.45) is 3.39. The maximum absolute atomic E-state index is 14.3. The van der Waals surface area contributed by atoms with Crippen molar-refractivity contribution in [3.8, 4) is 17.1 Å². The van der Waals surface area contributed by atoms with Gasteiger partial charge in [0.1, 0.15) is 18.1 Å². The van der Waals surface area contributed by atoms with Gasteiger partial charge in [0.15, 0.2) is 5.65 Å². The minimum absolute atomic E-state index is 0.172. The van der Waals surface area contributed by atoms with Crippen molar-refractivity contribution in [2.75, 3.05) is 39.5 Å². The van der Waals surface area contributed by atoms with E-state index in [1.807, 2.05) is 45.3 Å². The summed E-state index contributed by atoms with van der Waals surface area (Å²) in [5.74, 6) is 0.696.